The Morgan fingerprint density at radius 1 is 1.16 bits per heavy atom. The lowest BCUT2D eigenvalue weighted by atomic mass is 10.1. The van der Waals surface area contributed by atoms with E-state index in [1.807, 2.05) is 26.0 Å². The van der Waals surface area contributed by atoms with E-state index in [4.69, 9.17) is 0 Å². The van der Waals surface area contributed by atoms with Gasteiger partial charge in [-0.15, -0.1) is 0 Å². The molecular weight excluding hydrogens is 331 g/mol. The lowest BCUT2D eigenvalue weighted by molar-refractivity contribution is -0.141. The van der Waals surface area contributed by atoms with Crippen LogP contribution in [0.25, 0.3) is 16.7 Å². The van der Waals surface area contributed by atoms with E-state index in [1.165, 1.54) is 6.07 Å². The smallest absolute Gasteiger partial charge is 0.325 e. The van der Waals surface area contributed by atoms with Gasteiger partial charge in [-0.3, -0.25) is 9.36 Å². The maximum atomic E-state index is 13.0. The van der Waals surface area contributed by atoms with Crippen LogP contribution in [0.1, 0.15) is 22.5 Å². The van der Waals surface area contributed by atoms with Crippen LogP contribution in [0.3, 0.4) is 0 Å². The first-order valence-corrected chi connectivity index (χ1v) is 7.74. The highest BCUT2D eigenvalue weighted by molar-refractivity contribution is 6.00. The van der Waals surface area contributed by atoms with Crippen molar-refractivity contribution in [3.05, 3.63) is 52.8 Å². The van der Waals surface area contributed by atoms with Crippen molar-refractivity contribution in [3.8, 4) is 5.69 Å². The highest BCUT2D eigenvalue weighted by Gasteiger charge is 2.33. The van der Waals surface area contributed by atoms with Gasteiger partial charge < -0.3 is 5.32 Å². The maximum Gasteiger partial charge on any atom is 0.433 e. The normalized spacial score (nSPS) is 14.0. The second-order valence-corrected chi connectivity index (χ2v) is 6.25. The molecule has 7 heteroatoms. The quantitative estimate of drug-likeness (QED) is 0.720. The Morgan fingerprint density at radius 3 is 2.64 bits per heavy atom. The Hall–Kier alpha value is -2.83. The van der Waals surface area contributed by atoms with Gasteiger partial charge in [-0.2, -0.15) is 13.2 Å². The number of nitrogens with zero attached hydrogens (tertiary/aromatic N) is 2. The average molecular weight is 345 g/mol. The number of carbonyl (C=O) groups excluding carboxylic acids is 1. The summed E-state index contributed by atoms with van der Waals surface area (Å²) in [5, 5.41) is 3.44. The van der Waals surface area contributed by atoms with Crippen molar-refractivity contribution in [3.63, 3.8) is 0 Å². The van der Waals surface area contributed by atoms with E-state index in [0.717, 1.165) is 28.6 Å². The lowest BCUT2D eigenvalue weighted by Gasteiger charge is -2.13. The third-order valence-electron chi connectivity index (χ3n) is 4.40. The fourth-order valence-electron chi connectivity index (χ4n) is 3.33. The zero-order valence-corrected chi connectivity index (χ0v) is 13.5. The summed E-state index contributed by atoms with van der Waals surface area (Å²) in [4.78, 5) is 15.5. The van der Waals surface area contributed by atoms with Crippen molar-refractivity contribution in [2.24, 2.45) is 0 Å². The summed E-state index contributed by atoms with van der Waals surface area (Å²) in [6, 6.07) is 7.89. The van der Waals surface area contributed by atoms with E-state index in [1.54, 1.807) is 10.6 Å². The minimum atomic E-state index is -4.50. The molecule has 25 heavy (non-hydrogen) atoms. The molecule has 1 aromatic carbocycles. The summed E-state index contributed by atoms with van der Waals surface area (Å²) in [6.07, 6.45) is -4.23. The van der Waals surface area contributed by atoms with Crippen molar-refractivity contribution >= 4 is 22.6 Å². The molecule has 1 aliphatic rings. The van der Waals surface area contributed by atoms with E-state index < -0.39 is 11.9 Å². The molecule has 0 saturated carbocycles. The van der Waals surface area contributed by atoms with Gasteiger partial charge in [0.15, 0.2) is 0 Å². The molecule has 4 nitrogen and oxygen atoms in total. The molecule has 0 bridgehead atoms. The Morgan fingerprint density at radius 2 is 1.92 bits per heavy atom. The van der Waals surface area contributed by atoms with Crippen molar-refractivity contribution in [2.45, 2.75) is 26.4 Å². The SMILES string of the molecule is Cc1cc(-n2c(C)cc3ccc(C(F)(F)F)nc32)cc2c1NC(=O)C2. The Labute approximate surface area is 141 Å². The second kappa shape index (κ2) is 5.08. The molecular formula is C18H14F3N3O. The highest BCUT2D eigenvalue weighted by Crippen LogP contribution is 2.34. The number of alkyl halides is 3. The molecule has 128 valence electrons. The van der Waals surface area contributed by atoms with Crippen molar-refractivity contribution in [2.75, 3.05) is 5.32 Å². The zero-order valence-electron chi connectivity index (χ0n) is 13.5. The van der Waals surface area contributed by atoms with Crippen molar-refractivity contribution in [1.82, 2.24) is 9.55 Å². The van der Waals surface area contributed by atoms with Crippen LogP contribution in [0.4, 0.5) is 18.9 Å². The van der Waals surface area contributed by atoms with Gasteiger partial charge in [-0.1, -0.05) is 0 Å². The third-order valence-corrected chi connectivity index (χ3v) is 4.40. The van der Waals surface area contributed by atoms with Crippen LogP contribution in [0, 0.1) is 13.8 Å². The number of hydrogen-bond donors (Lipinski definition) is 1. The van der Waals surface area contributed by atoms with Crippen LogP contribution in [0.2, 0.25) is 0 Å². The van der Waals surface area contributed by atoms with Gasteiger partial charge in [0.1, 0.15) is 11.3 Å². The van der Waals surface area contributed by atoms with Gasteiger partial charge in [0.05, 0.1) is 6.42 Å². The van der Waals surface area contributed by atoms with Crippen LogP contribution in [-0.2, 0) is 17.4 Å². The molecule has 0 radical (unpaired) electrons. The van der Waals surface area contributed by atoms with Gasteiger partial charge in [0.25, 0.3) is 0 Å². The van der Waals surface area contributed by atoms with Crippen molar-refractivity contribution < 1.29 is 18.0 Å². The summed E-state index contributed by atoms with van der Waals surface area (Å²) < 4.78 is 40.8. The fourth-order valence-corrected chi connectivity index (χ4v) is 3.33. The van der Waals surface area contributed by atoms with Gasteiger partial charge >= 0.3 is 6.18 Å². The number of amides is 1. The highest BCUT2D eigenvalue weighted by atomic mass is 19.4. The molecule has 3 aromatic rings. The number of benzene rings is 1. The molecule has 1 amide bonds. The Bertz CT molecular complexity index is 1030. The van der Waals surface area contributed by atoms with Gasteiger partial charge in [-0.05, 0) is 55.3 Å². The van der Waals surface area contributed by atoms with E-state index in [0.29, 0.717) is 11.1 Å². The van der Waals surface area contributed by atoms with Crippen LogP contribution >= 0.6 is 0 Å². The maximum absolute atomic E-state index is 13.0. The first-order chi connectivity index (χ1) is 11.7. The van der Waals surface area contributed by atoms with E-state index in [9.17, 15) is 18.0 Å². The summed E-state index contributed by atoms with van der Waals surface area (Å²) in [5.74, 6) is -0.0816. The first kappa shape index (κ1) is 15.7. The predicted octanol–water partition coefficient (Wildman–Crippen LogP) is 4.16. The van der Waals surface area contributed by atoms with Crippen LogP contribution in [0.5, 0.6) is 0 Å². The molecule has 0 aliphatic carbocycles. The molecule has 0 fully saturated rings. The van der Waals surface area contributed by atoms with Crippen LogP contribution < -0.4 is 5.32 Å². The molecule has 0 unspecified atom stereocenters. The Balaban J connectivity index is 1.95. The number of anilines is 1. The standard InChI is InChI=1S/C18H14F3N3O/c1-9-5-13(7-12-8-15(25)23-16(9)12)24-10(2)6-11-3-4-14(18(19,20)21)22-17(11)24/h3-7H,8H2,1-2H3,(H,23,25). The topological polar surface area (TPSA) is 46.9 Å². The van der Waals surface area contributed by atoms with E-state index in [-0.39, 0.29) is 18.0 Å². The number of aromatic nitrogens is 2. The number of halogens is 3. The lowest BCUT2D eigenvalue weighted by Crippen LogP contribution is -2.09. The Kier molecular flexibility index (Phi) is 3.19. The number of aryl methyl sites for hydroxylation is 2. The number of fused-ring (bicyclic) bond motifs is 2. The van der Waals surface area contributed by atoms with Gasteiger partial charge in [-0.25, -0.2) is 4.98 Å². The molecule has 0 spiro atoms. The summed E-state index contributed by atoms with van der Waals surface area (Å²) in [6.45, 7) is 3.68. The molecule has 2 aromatic heterocycles. The van der Waals surface area contributed by atoms with Crippen LogP contribution in [-0.4, -0.2) is 15.5 Å². The number of nitrogens with one attached hydrogen (secondary N) is 1. The predicted molar refractivity (Wildman–Crippen MR) is 87.9 cm³/mol. The minimum Gasteiger partial charge on any atom is -0.325 e. The molecule has 4 rings (SSSR count). The van der Waals surface area contributed by atoms with E-state index >= 15 is 0 Å². The average Bonchev–Trinajstić information content (AvgIpc) is 3.04. The van der Waals surface area contributed by atoms with E-state index in [2.05, 4.69) is 10.3 Å². The molecule has 1 N–H and O–H groups in total. The van der Waals surface area contributed by atoms with Crippen LogP contribution in [0.15, 0.2) is 30.3 Å². The molecule has 0 saturated heterocycles. The number of rotatable bonds is 1. The first-order valence-electron chi connectivity index (χ1n) is 7.74. The summed E-state index contributed by atoms with van der Waals surface area (Å²) >= 11 is 0. The number of pyridine rings is 1. The monoisotopic (exact) mass is 345 g/mol. The van der Waals surface area contributed by atoms with Crippen molar-refractivity contribution in [1.29, 1.82) is 0 Å². The summed E-state index contributed by atoms with van der Waals surface area (Å²) in [7, 11) is 0. The number of carbonyl (C=O) groups is 1. The molecule has 1 aliphatic heterocycles. The second-order valence-electron chi connectivity index (χ2n) is 6.25. The molecule has 0 atom stereocenters. The fraction of sp³-hybridized carbons (Fsp3) is 0.222. The van der Waals surface area contributed by atoms with Gasteiger partial charge in [0, 0.05) is 22.5 Å². The summed E-state index contributed by atoms with van der Waals surface area (Å²) in [5.41, 5.74) is 3.30. The third kappa shape index (κ3) is 2.47. The largest absolute Gasteiger partial charge is 0.433 e. The minimum absolute atomic E-state index is 0.0816. The zero-order chi connectivity index (χ0) is 17.9. The number of hydrogen-bond acceptors (Lipinski definition) is 2. The molecule has 3 heterocycles. The van der Waals surface area contributed by atoms with Gasteiger partial charge in [0.2, 0.25) is 5.91 Å².